The van der Waals surface area contributed by atoms with Crippen LogP contribution in [-0.2, 0) is 4.79 Å². The van der Waals surface area contributed by atoms with Gasteiger partial charge < -0.3 is 0 Å². The standard InChI is InChI=1S/C10H14O/c1-3-4-9-5-8(2)6-10(11)7-9/h3-4,6,9H,5,7H2,1-2H3. The smallest absolute Gasteiger partial charge is 0.156 e. The molecular formula is C10H14O. The Kier molecular flexibility index (Phi) is 2.64. The first-order valence-electron chi connectivity index (χ1n) is 4.05. The minimum atomic E-state index is 0.275. The Morgan fingerprint density at radius 3 is 2.82 bits per heavy atom. The van der Waals surface area contributed by atoms with Gasteiger partial charge in [-0.25, -0.2) is 0 Å². The van der Waals surface area contributed by atoms with Crippen LogP contribution in [0.1, 0.15) is 26.7 Å². The van der Waals surface area contributed by atoms with E-state index in [1.54, 1.807) is 6.08 Å². The maximum absolute atomic E-state index is 11.0. The first-order chi connectivity index (χ1) is 5.22. The molecule has 0 aromatic rings. The quantitative estimate of drug-likeness (QED) is 0.525. The van der Waals surface area contributed by atoms with Crippen molar-refractivity contribution in [2.75, 3.05) is 0 Å². The van der Waals surface area contributed by atoms with Gasteiger partial charge in [-0.2, -0.15) is 0 Å². The Balaban J connectivity index is 2.64. The number of rotatable bonds is 1. The molecule has 0 heterocycles. The lowest BCUT2D eigenvalue weighted by Gasteiger charge is -2.15. The zero-order valence-electron chi connectivity index (χ0n) is 7.13. The van der Waals surface area contributed by atoms with Gasteiger partial charge in [-0.3, -0.25) is 4.79 Å². The molecule has 1 heteroatoms. The minimum absolute atomic E-state index is 0.275. The molecule has 0 radical (unpaired) electrons. The maximum atomic E-state index is 11.0. The molecule has 60 valence electrons. The van der Waals surface area contributed by atoms with Crippen LogP contribution in [-0.4, -0.2) is 5.78 Å². The van der Waals surface area contributed by atoms with Gasteiger partial charge in [0.25, 0.3) is 0 Å². The second-order valence-corrected chi connectivity index (χ2v) is 3.15. The van der Waals surface area contributed by atoms with Gasteiger partial charge in [-0.15, -0.1) is 0 Å². The summed E-state index contributed by atoms with van der Waals surface area (Å²) in [6, 6.07) is 0. The molecule has 1 nitrogen and oxygen atoms in total. The summed E-state index contributed by atoms with van der Waals surface area (Å²) in [7, 11) is 0. The summed E-state index contributed by atoms with van der Waals surface area (Å²) in [6.07, 6.45) is 7.66. The van der Waals surface area contributed by atoms with E-state index in [0.29, 0.717) is 12.3 Å². The molecule has 0 bridgehead atoms. The van der Waals surface area contributed by atoms with Gasteiger partial charge in [0.15, 0.2) is 5.78 Å². The highest BCUT2D eigenvalue weighted by molar-refractivity contribution is 5.91. The largest absolute Gasteiger partial charge is 0.295 e. The summed E-state index contributed by atoms with van der Waals surface area (Å²) in [5.41, 5.74) is 1.21. The molecule has 0 fully saturated rings. The highest BCUT2D eigenvalue weighted by atomic mass is 16.1. The molecule has 0 saturated carbocycles. The molecule has 0 aromatic carbocycles. The molecule has 1 atom stereocenters. The molecule has 1 aliphatic carbocycles. The van der Waals surface area contributed by atoms with E-state index < -0.39 is 0 Å². The van der Waals surface area contributed by atoms with Crippen LogP contribution in [0.25, 0.3) is 0 Å². The average molecular weight is 150 g/mol. The molecule has 1 rings (SSSR count). The Labute approximate surface area is 67.8 Å². The van der Waals surface area contributed by atoms with E-state index in [2.05, 4.69) is 6.08 Å². The van der Waals surface area contributed by atoms with Gasteiger partial charge >= 0.3 is 0 Å². The number of carbonyl (C=O) groups is 1. The highest BCUT2D eigenvalue weighted by Gasteiger charge is 2.15. The van der Waals surface area contributed by atoms with Crippen LogP contribution in [0.3, 0.4) is 0 Å². The summed E-state index contributed by atoms with van der Waals surface area (Å²) < 4.78 is 0. The van der Waals surface area contributed by atoms with E-state index in [9.17, 15) is 4.79 Å². The van der Waals surface area contributed by atoms with E-state index in [1.165, 1.54) is 5.57 Å². The number of ketones is 1. The van der Waals surface area contributed by atoms with E-state index in [-0.39, 0.29) is 5.78 Å². The summed E-state index contributed by atoms with van der Waals surface area (Å²) in [5, 5.41) is 0. The van der Waals surface area contributed by atoms with Crippen molar-refractivity contribution in [3.63, 3.8) is 0 Å². The molecular weight excluding hydrogens is 136 g/mol. The van der Waals surface area contributed by atoms with Crippen molar-refractivity contribution in [1.82, 2.24) is 0 Å². The highest BCUT2D eigenvalue weighted by Crippen LogP contribution is 2.22. The predicted molar refractivity (Wildman–Crippen MR) is 46.3 cm³/mol. The van der Waals surface area contributed by atoms with Crippen molar-refractivity contribution in [2.24, 2.45) is 5.92 Å². The zero-order chi connectivity index (χ0) is 8.27. The van der Waals surface area contributed by atoms with Crippen molar-refractivity contribution in [3.05, 3.63) is 23.8 Å². The molecule has 1 unspecified atom stereocenters. The topological polar surface area (TPSA) is 17.1 Å². The van der Waals surface area contributed by atoms with Crippen LogP contribution in [0.4, 0.5) is 0 Å². The fraction of sp³-hybridized carbons (Fsp3) is 0.500. The van der Waals surface area contributed by atoms with Gasteiger partial charge in [0.2, 0.25) is 0 Å². The third kappa shape index (κ3) is 2.34. The van der Waals surface area contributed by atoms with Gasteiger partial charge in [0, 0.05) is 6.42 Å². The normalized spacial score (nSPS) is 25.8. The van der Waals surface area contributed by atoms with Crippen LogP contribution in [0.2, 0.25) is 0 Å². The van der Waals surface area contributed by atoms with E-state index in [0.717, 1.165) is 6.42 Å². The van der Waals surface area contributed by atoms with Crippen LogP contribution >= 0.6 is 0 Å². The minimum Gasteiger partial charge on any atom is -0.295 e. The third-order valence-corrected chi connectivity index (χ3v) is 1.92. The Bertz CT molecular complexity index is 211. The number of allylic oxidation sites excluding steroid dienone is 4. The van der Waals surface area contributed by atoms with Crippen molar-refractivity contribution >= 4 is 5.78 Å². The number of carbonyl (C=O) groups excluding carboxylic acids is 1. The molecule has 11 heavy (non-hydrogen) atoms. The fourth-order valence-corrected chi connectivity index (χ4v) is 1.55. The average Bonchev–Trinajstić information content (AvgIpc) is 1.85. The van der Waals surface area contributed by atoms with E-state index in [4.69, 9.17) is 0 Å². The molecule has 0 saturated heterocycles. The van der Waals surface area contributed by atoms with Gasteiger partial charge in [0.1, 0.15) is 0 Å². The second kappa shape index (κ2) is 3.51. The summed E-state index contributed by atoms with van der Waals surface area (Å²) in [6.45, 7) is 4.02. The van der Waals surface area contributed by atoms with E-state index >= 15 is 0 Å². The Morgan fingerprint density at radius 1 is 1.55 bits per heavy atom. The molecule has 0 aliphatic heterocycles. The molecule has 1 aliphatic rings. The zero-order valence-corrected chi connectivity index (χ0v) is 7.13. The number of hydrogen-bond donors (Lipinski definition) is 0. The second-order valence-electron chi connectivity index (χ2n) is 3.15. The lowest BCUT2D eigenvalue weighted by molar-refractivity contribution is -0.115. The SMILES string of the molecule is CC=CC1CC(=O)C=C(C)C1. The fourth-order valence-electron chi connectivity index (χ4n) is 1.55. The molecule has 0 spiro atoms. The van der Waals surface area contributed by atoms with Gasteiger partial charge in [0.05, 0.1) is 0 Å². The van der Waals surface area contributed by atoms with Crippen LogP contribution in [0.15, 0.2) is 23.8 Å². The Morgan fingerprint density at radius 2 is 2.27 bits per heavy atom. The van der Waals surface area contributed by atoms with E-state index in [1.807, 2.05) is 19.9 Å². The maximum Gasteiger partial charge on any atom is 0.156 e. The van der Waals surface area contributed by atoms with Crippen molar-refractivity contribution in [3.8, 4) is 0 Å². The summed E-state index contributed by atoms with van der Waals surface area (Å²) >= 11 is 0. The van der Waals surface area contributed by atoms with Gasteiger partial charge in [-0.1, -0.05) is 17.7 Å². The molecule has 0 aromatic heterocycles. The summed E-state index contributed by atoms with van der Waals surface area (Å²) in [4.78, 5) is 11.0. The molecule has 0 N–H and O–H groups in total. The van der Waals surface area contributed by atoms with Gasteiger partial charge in [-0.05, 0) is 32.3 Å². The lowest BCUT2D eigenvalue weighted by atomic mass is 9.89. The van der Waals surface area contributed by atoms with Crippen molar-refractivity contribution in [1.29, 1.82) is 0 Å². The molecule has 0 amide bonds. The van der Waals surface area contributed by atoms with Crippen molar-refractivity contribution < 1.29 is 4.79 Å². The first-order valence-corrected chi connectivity index (χ1v) is 4.05. The first kappa shape index (κ1) is 8.25. The van der Waals surface area contributed by atoms with Crippen LogP contribution in [0, 0.1) is 5.92 Å². The lowest BCUT2D eigenvalue weighted by Crippen LogP contribution is -2.10. The monoisotopic (exact) mass is 150 g/mol. The van der Waals surface area contributed by atoms with Crippen LogP contribution < -0.4 is 0 Å². The third-order valence-electron chi connectivity index (χ3n) is 1.92. The number of hydrogen-bond acceptors (Lipinski definition) is 1. The van der Waals surface area contributed by atoms with Crippen molar-refractivity contribution in [2.45, 2.75) is 26.7 Å². The Hall–Kier alpha value is -0.850. The summed E-state index contributed by atoms with van der Waals surface area (Å²) in [5.74, 6) is 0.731. The van der Waals surface area contributed by atoms with Crippen LogP contribution in [0.5, 0.6) is 0 Å². The predicted octanol–water partition coefficient (Wildman–Crippen LogP) is 2.49.